The second kappa shape index (κ2) is 19.5. The first-order valence-electron chi connectivity index (χ1n) is 6.94. The largest absolute Gasteiger partial charge is 0.377 e. The molecule has 0 aromatic heterocycles. The molecule has 1 saturated heterocycles. The molecule has 0 aliphatic carbocycles. The van der Waals surface area contributed by atoms with Gasteiger partial charge in [-0.05, 0) is 0 Å². The maximum absolute atomic E-state index is 9.09. The summed E-state index contributed by atoms with van der Waals surface area (Å²) < 4.78 is 41.1. The van der Waals surface area contributed by atoms with E-state index in [2.05, 4.69) is 21.4 Å². The summed E-state index contributed by atoms with van der Waals surface area (Å²) in [5.74, 6) is 0. The number of ether oxygens (including phenoxy) is 6. The molecule has 0 spiro atoms. The summed E-state index contributed by atoms with van der Waals surface area (Å²) in [6, 6.07) is 0. The Morgan fingerprint density at radius 3 is 0.636 bits per heavy atom. The molecular weight excluding hydrogens is 359 g/mol. The van der Waals surface area contributed by atoms with Crippen molar-refractivity contribution in [3.05, 3.63) is 0 Å². The Balaban J connectivity index is 0.000000980. The van der Waals surface area contributed by atoms with E-state index in [-0.39, 0.29) is 0 Å². The van der Waals surface area contributed by atoms with Gasteiger partial charge < -0.3 is 28.4 Å². The molecule has 0 N–H and O–H groups in total. The Hall–Kier alpha value is 0.490. The van der Waals surface area contributed by atoms with Crippen LogP contribution in [-0.2, 0) is 37.6 Å². The van der Waals surface area contributed by atoms with Crippen LogP contribution in [0, 0.1) is 0 Å². The SMILES string of the molecule is C1COCCOCCOCCOCCOCCO1.O=S(Cl)Cl. The monoisotopic (exact) mass is 382 g/mol. The van der Waals surface area contributed by atoms with Gasteiger partial charge in [-0.1, -0.05) is 0 Å². The van der Waals surface area contributed by atoms with Crippen molar-refractivity contribution in [2.45, 2.75) is 0 Å². The lowest BCUT2D eigenvalue weighted by Gasteiger charge is -2.09. The van der Waals surface area contributed by atoms with Crippen LogP contribution in [0.1, 0.15) is 0 Å². The summed E-state index contributed by atoms with van der Waals surface area (Å²) in [6.07, 6.45) is 0. The van der Waals surface area contributed by atoms with Crippen LogP contribution in [0.5, 0.6) is 0 Å². The highest BCUT2D eigenvalue weighted by atomic mass is 36.0. The van der Waals surface area contributed by atoms with E-state index in [0.29, 0.717) is 79.3 Å². The summed E-state index contributed by atoms with van der Waals surface area (Å²) in [5, 5.41) is 0. The second-order valence-electron chi connectivity index (χ2n) is 3.86. The van der Waals surface area contributed by atoms with Crippen LogP contribution < -0.4 is 0 Å². The predicted molar refractivity (Wildman–Crippen MR) is 84.8 cm³/mol. The van der Waals surface area contributed by atoms with Crippen molar-refractivity contribution < 1.29 is 32.6 Å². The number of hydrogen-bond acceptors (Lipinski definition) is 7. The molecule has 1 aliphatic rings. The van der Waals surface area contributed by atoms with Crippen LogP contribution in [0.4, 0.5) is 0 Å². The number of halogens is 2. The Labute approximate surface area is 142 Å². The smallest absolute Gasteiger partial charge is 0.211 e. The van der Waals surface area contributed by atoms with E-state index in [1.807, 2.05) is 0 Å². The van der Waals surface area contributed by atoms with Crippen molar-refractivity contribution in [1.82, 2.24) is 0 Å². The van der Waals surface area contributed by atoms with Crippen LogP contribution in [0.25, 0.3) is 0 Å². The molecule has 0 amide bonds. The third-order valence-electron chi connectivity index (χ3n) is 2.23. The van der Waals surface area contributed by atoms with Crippen molar-refractivity contribution in [2.75, 3.05) is 79.3 Å². The van der Waals surface area contributed by atoms with Crippen LogP contribution in [0.2, 0.25) is 0 Å². The lowest BCUT2D eigenvalue weighted by molar-refractivity contribution is -0.0334. The van der Waals surface area contributed by atoms with E-state index < -0.39 is 9.23 Å². The molecule has 0 bridgehead atoms. The maximum Gasteiger partial charge on any atom is 0.211 e. The number of rotatable bonds is 0. The normalized spacial score (nSPS) is 21.2. The van der Waals surface area contributed by atoms with Gasteiger partial charge in [0.05, 0.1) is 79.3 Å². The fraction of sp³-hybridized carbons (Fsp3) is 1.00. The van der Waals surface area contributed by atoms with Gasteiger partial charge in [0.2, 0.25) is 9.23 Å². The molecule has 0 aromatic rings. The van der Waals surface area contributed by atoms with Crippen LogP contribution in [-0.4, -0.2) is 83.5 Å². The summed E-state index contributed by atoms with van der Waals surface area (Å²) in [5.41, 5.74) is 0. The molecule has 1 heterocycles. The molecule has 1 rings (SSSR count). The Morgan fingerprint density at radius 2 is 0.545 bits per heavy atom. The van der Waals surface area contributed by atoms with E-state index in [4.69, 9.17) is 32.6 Å². The molecule has 0 radical (unpaired) electrons. The molecule has 1 aliphatic heterocycles. The van der Waals surface area contributed by atoms with Gasteiger partial charge in [-0.2, -0.15) is 0 Å². The molecule has 0 atom stereocenters. The van der Waals surface area contributed by atoms with Crippen molar-refractivity contribution in [2.24, 2.45) is 0 Å². The highest BCUT2D eigenvalue weighted by Gasteiger charge is 1.95. The zero-order chi connectivity index (χ0) is 16.3. The molecular formula is C12H24Cl2O7S. The molecule has 10 heteroatoms. The minimum atomic E-state index is -1.67. The molecule has 7 nitrogen and oxygen atoms in total. The summed E-state index contributed by atoms with van der Waals surface area (Å²) in [6.45, 7) is 7.04. The van der Waals surface area contributed by atoms with E-state index in [9.17, 15) is 0 Å². The third-order valence-corrected chi connectivity index (χ3v) is 2.23. The average Bonchev–Trinajstić information content (AvgIpc) is 2.47. The van der Waals surface area contributed by atoms with Crippen molar-refractivity contribution in [3.63, 3.8) is 0 Å². The van der Waals surface area contributed by atoms with E-state index >= 15 is 0 Å². The van der Waals surface area contributed by atoms with E-state index in [1.165, 1.54) is 0 Å². The van der Waals surface area contributed by atoms with Crippen molar-refractivity contribution in [3.8, 4) is 0 Å². The van der Waals surface area contributed by atoms with Crippen LogP contribution in [0.15, 0.2) is 0 Å². The zero-order valence-electron chi connectivity index (χ0n) is 12.5. The van der Waals surface area contributed by atoms with Crippen molar-refractivity contribution >= 4 is 30.6 Å². The lowest BCUT2D eigenvalue weighted by Crippen LogP contribution is -2.16. The first-order chi connectivity index (χ1) is 10.7. The molecule has 1 fully saturated rings. The maximum atomic E-state index is 9.09. The minimum absolute atomic E-state index is 0.586. The second-order valence-corrected chi connectivity index (χ2v) is 6.38. The fourth-order valence-corrected chi connectivity index (χ4v) is 1.32. The molecule has 22 heavy (non-hydrogen) atoms. The average molecular weight is 383 g/mol. The predicted octanol–water partition coefficient (Wildman–Crippen LogP) is 1.14. The topological polar surface area (TPSA) is 72.5 Å². The van der Waals surface area contributed by atoms with Gasteiger partial charge in [0, 0.05) is 21.4 Å². The molecule has 0 aromatic carbocycles. The molecule has 0 unspecified atom stereocenters. The van der Waals surface area contributed by atoms with E-state index in [0.717, 1.165) is 0 Å². The lowest BCUT2D eigenvalue weighted by atomic mass is 10.6. The third kappa shape index (κ3) is 22.8. The minimum Gasteiger partial charge on any atom is -0.377 e. The Morgan fingerprint density at radius 1 is 0.455 bits per heavy atom. The number of hydrogen-bond donors (Lipinski definition) is 0. The fourth-order valence-electron chi connectivity index (χ4n) is 1.32. The quantitative estimate of drug-likeness (QED) is 0.581. The first-order valence-corrected chi connectivity index (χ1v) is 9.74. The Bertz CT molecular complexity index is 170. The van der Waals surface area contributed by atoms with Crippen LogP contribution in [0.3, 0.4) is 0 Å². The van der Waals surface area contributed by atoms with Gasteiger partial charge >= 0.3 is 0 Å². The van der Waals surface area contributed by atoms with E-state index in [1.54, 1.807) is 0 Å². The van der Waals surface area contributed by atoms with Crippen LogP contribution >= 0.6 is 21.4 Å². The first kappa shape index (κ1) is 22.5. The van der Waals surface area contributed by atoms with Gasteiger partial charge in [-0.25, -0.2) is 4.21 Å². The highest BCUT2D eigenvalue weighted by molar-refractivity contribution is 8.26. The van der Waals surface area contributed by atoms with Gasteiger partial charge in [-0.15, -0.1) is 0 Å². The Kier molecular flexibility index (Phi) is 20.0. The van der Waals surface area contributed by atoms with Gasteiger partial charge in [-0.3, -0.25) is 0 Å². The molecule has 134 valence electrons. The van der Waals surface area contributed by atoms with Gasteiger partial charge in [0.15, 0.2) is 0 Å². The molecule has 0 saturated carbocycles. The summed E-state index contributed by atoms with van der Waals surface area (Å²) in [4.78, 5) is 0. The summed E-state index contributed by atoms with van der Waals surface area (Å²) >= 11 is 0. The van der Waals surface area contributed by atoms with Crippen molar-refractivity contribution in [1.29, 1.82) is 0 Å². The standard InChI is InChI=1S/C12H24O6.Cl2OS/c1-2-14-5-6-16-9-10-18-12-11-17-8-7-15-4-3-13-1;1-4(2)3/h1-12H2;. The summed E-state index contributed by atoms with van der Waals surface area (Å²) in [7, 11) is 7.36. The van der Waals surface area contributed by atoms with Gasteiger partial charge in [0.25, 0.3) is 0 Å². The zero-order valence-corrected chi connectivity index (χ0v) is 14.8. The highest BCUT2D eigenvalue weighted by Crippen LogP contribution is 1.89. The van der Waals surface area contributed by atoms with Gasteiger partial charge in [0.1, 0.15) is 0 Å².